The lowest BCUT2D eigenvalue weighted by Crippen LogP contribution is -2.60. The van der Waals surface area contributed by atoms with Crippen molar-refractivity contribution in [3.63, 3.8) is 0 Å². The Labute approximate surface area is 103 Å². The molecule has 1 fully saturated rings. The van der Waals surface area contributed by atoms with E-state index in [2.05, 4.69) is 28.5 Å². The van der Waals surface area contributed by atoms with Gasteiger partial charge in [-0.1, -0.05) is 6.92 Å². The summed E-state index contributed by atoms with van der Waals surface area (Å²) in [4.78, 5) is 14.1. The number of nitriles is 1. The lowest BCUT2D eigenvalue weighted by Gasteiger charge is -2.39. The van der Waals surface area contributed by atoms with Gasteiger partial charge in [0, 0.05) is 32.2 Å². The molecule has 17 heavy (non-hydrogen) atoms. The SMILES string of the molecule is CCNC(=O)C1CNCCN1C(CC)CC#N. The van der Waals surface area contributed by atoms with Crippen LogP contribution in [0, 0.1) is 11.3 Å². The van der Waals surface area contributed by atoms with Crippen LogP contribution in [-0.4, -0.2) is 49.1 Å². The first-order valence-corrected chi connectivity index (χ1v) is 6.35. The second kappa shape index (κ2) is 7.25. The van der Waals surface area contributed by atoms with Crippen molar-refractivity contribution in [2.24, 2.45) is 0 Å². The van der Waals surface area contributed by atoms with Crippen LogP contribution in [0.25, 0.3) is 0 Å². The summed E-state index contributed by atoms with van der Waals surface area (Å²) in [5.41, 5.74) is 0. The average Bonchev–Trinajstić information content (AvgIpc) is 2.36. The number of carbonyl (C=O) groups excluding carboxylic acids is 1. The van der Waals surface area contributed by atoms with Gasteiger partial charge in [-0.2, -0.15) is 5.26 Å². The van der Waals surface area contributed by atoms with Gasteiger partial charge in [-0.15, -0.1) is 0 Å². The van der Waals surface area contributed by atoms with Crippen LogP contribution in [-0.2, 0) is 4.79 Å². The summed E-state index contributed by atoms with van der Waals surface area (Å²) in [6.45, 7) is 7.04. The van der Waals surface area contributed by atoms with Gasteiger partial charge in [-0.3, -0.25) is 9.69 Å². The Hall–Kier alpha value is -1.12. The highest BCUT2D eigenvalue weighted by Crippen LogP contribution is 2.14. The van der Waals surface area contributed by atoms with E-state index in [1.165, 1.54) is 0 Å². The van der Waals surface area contributed by atoms with Crippen LogP contribution in [0.1, 0.15) is 26.7 Å². The van der Waals surface area contributed by atoms with Crippen molar-refractivity contribution in [1.29, 1.82) is 5.26 Å². The predicted octanol–water partition coefficient (Wildman–Crippen LogP) is 0.0886. The van der Waals surface area contributed by atoms with Gasteiger partial charge in [0.1, 0.15) is 6.04 Å². The highest BCUT2D eigenvalue weighted by molar-refractivity contribution is 5.82. The van der Waals surface area contributed by atoms with Crippen molar-refractivity contribution < 1.29 is 4.79 Å². The largest absolute Gasteiger partial charge is 0.355 e. The zero-order valence-corrected chi connectivity index (χ0v) is 10.7. The van der Waals surface area contributed by atoms with Gasteiger partial charge in [0.15, 0.2) is 0 Å². The molecule has 96 valence electrons. The Morgan fingerprint density at radius 1 is 1.65 bits per heavy atom. The molecule has 0 radical (unpaired) electrons. The minimum atomic E-state index is -0.137. The van der Waals surface area contributed by atoms with E-state index < -0.39 is 0 Å². The van der Waals surface area contributed by atoms with Gasteiger partial charge >= 0.3 is 0 Å². The molecular formula is C12H22N4O. The van der Waals surface area contributed by atoms with Gasteiger partial charge < -0.3 is 10.6 Å². The monoisotopic (exact) mass is 238 g/mol. The van der Waals surface area contributed by atoms with Gasteiger partial charge in [-0.25, -0.2) is 0 Å². The van der Waals surface area contributed by atoms with Crippen LogP contribution in [0.15, 0.2) is 0 Å². The molecule has 5 heteroatoms. The summed E-state index contributed by atoms with van der Waals surface area (Å²) < 4.78 is 0. The van der Waals surface area contributed by atoms with E-state index in [4.69, 9.17) is 5.26 Å². The summed E-state index contributed by atoms with van der Waals surface area (Å²) in [5, 5.41) is 14.9. The number of likely N-dealkylation sites (N-methyl/N-ethyl adjacent to an activating group) is 1. The number of carbonyl (C=O) groups is 1. The number of amides is 1. The average molecular weight is 238 g/mol. The molecule has 1 aliphatic rings. The summed E-state index contributed by atoms with van der Waals surface area (Å²) in [5.74, 6) is 0.0658. The second-order valence-electron chi connectivity index (χ2n) is 4.28. The first-order chi connectivity index (χ1) is 8.24. The molecule has 2 atom stereocenters. The number of hydrogen-bond acceptors (Lipinski definition) is 4. The molecule has 0 spiro atoms. The van der Waals surface area contributed by atoms with Gasteiger partial charge in [0.2, 0.25) is 5.91 Å². The van der Waals surface area contributed by atoms with E-state index in [1.807, 2.05) is 6.92 Å². The molecule has 0 aromatic rings. The minimum Gasteiger partial charge on any atom is -0.355 e. The smallest absolute Gasteiger partial charge is 0.238 e. The highest BCUT2D eigenvalue weighted by Gasteiger charge is 2.32. The molecule has 1 aliphatic heterocycles. The standard InChI is InChI=1S/C12H22N4O/c1-3-10(5-6-13)16-8-7-14-9-11(16)12(17)15-4-2/h10-11,14H,3-5,7-9H2,1-2H3,(H,15,17). The normalized spacial score (nSPS) is 22.8. The fourth-order valence-corrected chi connectivity index (χ4v) is 2.29. The van der Waals surface area contributed by atoms with Gasteiger partial charge in [0.25, 0.3) is 0 Å². The van der Waals surface area contributed by atoms with Crippen molar-refractivity contribution in [2.45, 2.75) is 38.8 Å². The number of rotatable bonds is 5. The first kappa shape index (κ1) is 13.9. The van der Waals surface area contributed by atoms with Crippen LogP contribution < -0.4 is 10.6 Å². The predicted molar refractivity (Wildman–Crippen MR) is 66.4 cm³/mol. The molecule has 0 aromatic carbocycles. The molecule has 1 amide bonds. The highest BCUT2D eigenvalue weighted by atomic mass is 16.2. The fraction of sp³-hybridized carbons (Fsp3) is 0.833. The topological polar surface area (TPSA) is 68.2 Å². The van der Waals surface area contributed by atoms with Gasteiger partial charge in [-0.05, 0) is 13.3 Å². The van der Waals surface area contributed by atoms with Crippen molar-refractivity contribution in [2.75, 3.05) is 26.2 Å². The quantitative estimate of drug-likeness (QED) is 0.712. The van der Waals surface area contributed by atoms with Crippen molar-refractivity contribution in [1.82, 2.24) is 15.5 Å². The lowest BCUT2D eigenvalue weighted by atomic mass is 10.0. The zero-order valence-electron chi connectivity index (χ0n) is 10.7. The maximum absolute atomic E-state index is 12.0. The van der Waals surface area contributed by atoms with E-state index >= 15 is 0 Å². The molecule has 0 aromatic heterocycles. The van der Waals surface area contributed by atoms with Gasteiger partial charge in [0.05, 0.1) is 12.5 Å². The van der Waals surface area contributed by atoms with Crippen LogP contribution in [0.4, 0.5) is 0 Å². The lowest BCUT2D eigenvalue weighted by molar-refractivity contribution is -0.128. The Kier molecular flexibility index (Phi) is 5.95. The Morgan fingerprint density at radius 3 is 3.00 bits per heavy atom. The number of piperazine rings is 1. The Morgan fingerprint density at radius 2 is 2.41 bits per heavy atom. The number of nitrogens with one attached hydrogen (secondary N) is 2. The third-order valence-corrected chi connectivity index (χ3v) is 3.21. The minimum absolute atomic E-state index is 0.0658. The van der Waals surface area contributed by atoms with Crippen molar-refractivity contribution >= 4 is 5.91 Å². The summed E-state index contributed by atoms with van der Waals surface area (Å²) in [7, 11) is 0. The molecule has 0 saturated carbocycles. The van der Waals surface area contributed by atoms with Crippen LogP contribution in [0.5, 0.6) is 0 Å². The van der Waals surface area contributed by atoms with Crippen LogP contribution in [0.3, 0.4) is 0 Å². The molecule has 5 nitrogen and oxygen atoms in total. The summed E-state index contributed by atoms with van der Waals surface area (Å²) in [6, 6.07) is 2.27. The Bertz CT molecular complexity index is 287. The Balaban J connectivity index is 2.70. The second-order valence-corrected chi connectivity index (χ2v) is 4.28. The van der Waals surface area contributed by atoms with Crippen molar-refractivity contribution in [3.05, 3.63) is 0 Å². The number of nitrogens with zero attached hydrogens (tertiary/aromatic N) is 2. The fourth-order valence-electron chi connectivity index (χ4n) is 2.29. The van der Waals surface area contributed by atoms with Crippen LogP contribution in [0.2, 0.25) is 0 Å². The maximum Gasteiger partial charge on any atom is 0.238 e. The number of hydrogen-bond donors (Lipinski definition) is 2. The van der Waals surface area contributed by atoms with Crippen LogP contribution >= 0.6 is 0 Å². The first-order valence-electron chi connectivity index (χ1n) is 6.35. The molecule has 2 unspecified atom stereocenters. The molecule has 0 bridgehead atoms. The van der Waals surface area contributed by atoms with Crippen molar-refractivity contribution in [3.8, 4) is 6.07 Å². The summed E-state index contributed by atoms with van der Waals surface area (Å²) in [6.07, 6.45) is 1.40. The maximum atomic E-state index is 12.0. The summed E-state index contributed by atoms with van der Waals surface area (Å²) >= 11 is 0. The van der Waals surface area contributed by atoms with E-state index in [0.717, 1.165) is 19.5 Å². The van der Waals surface area contributed by atoms with E-state index in [9.17, 15) is 4.79 Å². The molecule has 1 saturated heterocycles. The third kappa shape index (κ3) is 3.69. The molecule has 2 N–H and O–H groups in total. The molecule has 1 rings (SSSR count). The zero-order chi connectivity index (χ0) is 12.7. The molecular weight excluding hydrogens is 216 g/mol. The molecule has 0 aliphatic carbocycles. The van der Waals surface area contributed by atoms with E-state index in [0.29, 0.717) is 19.5 Å². The third-order valence-electron chi connectivity index (χ3n) is 3.21. The van der Waals surface area contributed by atoms with E-state index in [-0.39, 0.29) is 18.0 Å². The molecule has 1 heterocycles. The van der Waals surface area contributed by atoms with E-state index in [1.54, 1.807) is 0 Å².